The molecule has 1 amide bonds. The van der Waals surface area contributed by atoms with E-state index in [9.17, 15) is 9.59 Å². The molecule has 2 heterocycles. The first-order chi connectivity index (χ1) is 13.0. The second-order valence-corrected chi connectivity index (χ2v) is 10.1. The van der Waals surface area contributed by atoms with Gasteiger partial charge < -0.3 is 5.32 Å². The van der Waals surface area contributed by atoms with Crippen molar-refractivity contribution in [1.82, 2.24) is 14.9 Å². The molecule has 27 heavy (non-hydrogen) atoms. The number of aryl methyl sites for hydroxylation is 2. The first kappa shape index (κ1) is 19.0. The molecule has 1 atom stereocenters. The monoisotopic (exact) mass is 405 g/mol. The van der Waals surface area contributed by atoms with Gasteiger partial charge in [0.05, 0.1) is 10.6 Å². The molecule has 1 N–H and O–H groups in total. The second kappa shape index (κ2) is 7.95. The van der Waals surface area contributed by atoms with Crippen molar-refractivity contribution in [3.05, 3.63) is 20.8 Å². The number of aromatic nitrogens is 2. The summed E-state index contributed by atoms with van der Waals surface area (Å²) in [6.07, 6.45) is 10.2. The molecule has 5 nitrogen and oxygen atoms in total. The van der Waals surface area contributed by atoms with Crippen LogP contribution < -0.4 is 10.9 Å². The Kier molecular flexibility index (Phi) is 5.60. The summed E-state index contributed by atoms with van der Waals surface area (Å²) in [5.41, 5.74) is 1.25. The molecule has 0 aliphatic heterocycles. The van der Waals surface area contributed by atoms with Gasteiger partial charge in [-0.05, 0) is 51.0 Å². The number of thioether (sulfide) groups is 1. The first-order valence-corrected chi connectivity index (χ1v) is 11.7. The fourth-order valence-corrected chi connectivity index (χ4v) is 6.34. The number of carbonyl (C=O) groups excluding carboxylic acids is 1. The van der Waals surface area contributed by atoms with E-state index in [-0.39, 0.29) is 16.7 Å². The summed E-state index contributed by atoms with van der Waals surface area (Å²) in [4.78, 5) is 32.5. The Morgan fingerprint density at radius 1 is 1.22 bits per heavy atom. The van der Waals surface area contributed by atoms with Crippen LogP contribution in [0.5, 0.6) is 0 Å². The molecule has 2 aliphatic carbocycles. The Bertz CT molecular complexity index is 912. The van der Waals surface area contributed by atoms with Crippen LogP contribution in [0.2, 0.25) is 0 Å². The number of hydrogen-bond donors (Lipinski definition) is 1. The number of nitrogens with zero attached hydrogens (tertiary/aromatic N) is 2. The van der Waals surface area contributed by atoms with E-state index < -0.39 is 0 Å². The molecule has 0 spiro atoms. The highest BCUT2D eigenvalue weighted by atomic mass is 32.2. The number of rotatable bonds is 4. The normalized spacial score (nSPS) is 19.0. The van der Waals surface area contributed by atoms with Gasteiger partial charge in [-0.1, -0.05) is 31.0 Å². The minimum atomic E-state index is -0.267. The van der Waals surface area contributed by atoms with Crippen molar-refractivity contribution in [3.8, 4) is 0 Å². The Morgan fingerprint density at radius 2 is 1.96 bits per heavy atom. The topological polar surface area (TPSA) is 64.0 Å². The van der Waals surface area contributed by atoms with E-state index in [1.54, 1.807) is 23.0 Å². The number of fused-ring (bicyclic) bond motifs is 3. The number of carbonyl (C=O) groups is 1. The maximum Gasteiger partial charge on any atom is 0.262 e. The van der Waals surface area contributed by atoms with Gasteiger partial charge in [0.1, 0.15) is 4.83 Å². The molecule has 2 aliphatic rings. The Hall–Kier alpha value is -1.34. The average Bonchev–Trinajstić information content (AvgIpc) is 3.05. The van der Waals surface area contributed by atoms with Crippen LogP contribution in [0.25, 0.3) is 10.2 Å². The number of hydrogen-bond acceptors (Lipinski definition) is 5. The van der Waals surface area contributed by atoms with E-state index in [4.69, 9.17) is 4.98 Å². The fraction of sp³-hybridized carbons (Fsp3) is 0.650. The molecule has 0 radical (unpaired) electrons. The maximum absolute atomic E-state index is 13.0. The van der Waals surface area contributed by atoms with Gasteiger partial charge in [0, 0.05) is 18.0 Å². The lowest BCUT2D eigenvalue weighted by molar-refractivity contribution is -0.121. The number of amides is 1. The Morgan fingerprint density at radius 3 is 2.74 bits per heavy atom. The van der Waals surface area contributed by atoms with Crippen LogP contribution >= 0.6 is 23.1 Å². The van der Waals surface area contributed by atoms with Crippen LogP contribution in [-0.2, 0) is 24.7 Å². The van der Waals surface area contributed by atoms with E-state index in [2.05, 4.69) is 5.32 Å². The molecule has 0 unspecified atom stereocenters. The summed E-state index contributed by atoms with van der Waals surface area (Å²) in [6, 6.07) is 0.303. The highest BCUT2D eigenvalue weighted by molar-refractivity contribution is 8.00. The van der Waals surface area contributed by atoms with Crippen molar-refractivity contribution in [1.29, 1.82) is 0 Å². The zero-order valence-electron chi connectivity index (χ0n) is 16.0. The van der Waals surface area contributed by atoms with Gasteiger partial charge >= 0.3 is 0 Å². The smallest absolute Gasteiger partial charge is 0.262 e. The summed E-state index contributed by atoms with van der Waals surface area (Å²) in [5, 5.41) is 4.35. The van der Waals surface area contributed by atoms with Gasteiger partial charge in [-0.3, -0.25) is 14.2 Å². The van der Waals surface area contributed by atoms with Crippen LogP contribution in [-0.4, -0.2) is 26.8 Å². The zero-order chi connectivity index (χ0) is 19.0. The van der Waals surface area contributed by atoms with Gasteiger partial charge in [-0.2, -0.15) is 0 Å². The average molecular weight is 406 g/mol. The first-order valence-electron chi connectivity index (χ1n) is 10.0. The molecule has 4 rings (SSSR count). The van der Waals surface area contributed by atoms with Crippen LogP contribution in [0.4, 0.5) is 0 Å². The van der Waals surface area contributed by atoms with Gasteiger partial charge in [0.2, 0.25) is 5.91 Å². The zero-order valence-corrected chi connectivity index (χ0v) is 17.7. The molecular weight excluding hydrogens is 378 g/mol. The predicted molar refractivity (Wildman–Crippen MR) is 112 cm³/mol. The minimum Gasteiger partial charge on any atom is -0.352 e. The highest BCUT2D eigenvalue weighted by Gasteiger charge is 2.24. The Balaban J connectivity index is 1.55. The van der Waals surface area contributed by atoms with Crippen LogP contribution in [0.1, 0.15) is 62.3 Å². The molecule has 0 saturated heterocycles. The summed E-state index contributed by atoms with van der Waals surface area (Å²) in [6.45, 7) is 1.90. The fourth-order valence-electron chi connectivity index (χ4n) is 4.15. The lowest BCUT2D eigenvalue weighted by atomic mass is 9.95. The largest absolute Gasteiger partial charge is 0.352 e. The standard InChI is InChI=1S/C20H27N3O2S2/c1-12(17(24)21-13-8-4-3-5-9-13)26-20-22-18-16(19(25)23(20)2)14-10-6-7-11-15(14)27-18/h12-13H,3-11H2,1-2H3,(H,21,24)/t12-/m0/s1. The highest BCUT2D eigenvalue weighted by Crippen LogP contribution is 2.35. The van der Waals surface area contributed by atoms with Crippen molar-refractivity contribution >= 4 is 39.2 Å². The van der Waals surface area contributed by atoms with Crippen molar-refractivity contribution in [2.24, 2.45) is 7.05 Å². The number of thiophene rings is 1. The summed E-state index contributed by atoms with van der Waals surface area (Å²) in [7, 11) is 1.77. The molecule has 1 saturated carbocycles. The van der Waals surface area contributed by atoms with Crippen molar-refractivity contribution in [3.63, 3.8) is 0 Å². The van der Waals surface area contributed by atoms with Crippen LogP contribution in [0.15, 0.2) is 9.95 Å². The third-order valence-electron chi connectivity index (χ3n) is 5.76. The van der Waals surface area contributed by atoms with Gasteiger partial charge in [0.15, 0.2) is 5.16 Å². The molecule has 7 heteroatoms. The summed E-state index contributed by atoms with van der Waals surface area (Å²) in [5.74, 6) is 0.0479. The minimum absolute atomic E-state index is 0.0294. The van der Waals surface area contributed by atoms with E-state index in [0.717, 1.165) is 42.3 Å². The van der Waals surface area contributed by atoms with Gasteiger partial charge in [0.25, 0.3) is 5.56 Å². The second-order valence-electron chi connectivity index (χ2n) is 7.75. The van der Waals surface area contributed by atoms with Gasteiger partial charge in [-0.15, -0.1) is 11.3 Å². The molecule has 2 aromatic rings. The quantitative estimate of drug-likeness (QED) is 0.621. The summed E-state index contributed by atoms with van der Waals surface area (Å²) >= 11 is 3.05. The van der Waals surface area contributed by atoms with E-state index in [1.807, 2.05) is 6.92 Å². The lowest BCUT2D eigenvalue weighted by Gasteiger charge is -2.24. The summed E-state index contributed by atoms with van der Waals surface area (Å²) < 4.78 is 1.62. The van der Waals surface area contributed by atoms with Crippen molar-refractivity contribution < 1.29 is 4.79 Å². The van der Waals surface area contributed by atoms with Crippen LogP contribution in [0, 0.1) is 0 Å². The Labute approximate surface area is 167 Å². The maximum atomic E-state index is 13.0. The van der Waals surface area contributed by atoms with Gasteiger partial charge in [-0.25, -0.2) is 4.98 Å². The third kappa shape index (κ3) is 3.81. The predicted octanol–water partition coefficient (Wildman–Crippen LogP) is 3.80. The van der Waals surface area contributed by atoms with E-state index in [0.29, 0.717) is 11.2 Å². The van der Waals surface area contributed by atoms with E-state index in [1.165, 1.54) is 47.9 Å². The molecule has 146 valence electrons. The SMILES string of the molecule is C[C@H](Sc1nc2sc3c(c2c(=O)n1C)CCCC3)C(=O)NC1CCCCC1. The molecule has 0 bridgehead atoms. The van der Waals surface area contributed by atoms with Crippen molar-refractivity contribution in [2.45, 2.75) is 81.2 Å². The third-order valence-corrected chi connectivity index (χ3v) is 8.09. The van der Waals surface area contributed by atoms with E-state index >= 15 is 0 Å². The molecule has 1 fully saturated rings. The molecule has 2 aromatic heterocycles. The molecular formula is C20H27N3O2S2. The lowest BCUT2D eigenvalue weighted by Crippen LogP contribution is -2.40. The molecule has 0 aromatic carbocycles. The van der Waals surface area contributed by atoms with Crippen LogP contribution in [0.3, 0.4) is 0 Å². The van der Waals surface area contributed by atoms with Crippen molar-refractivity contribution in [2.75, 3.05) is 0 Å². The number of nitrogens with one attached hydrogen (secondary N) is 1.